The third kappa shape index (κ3) is 3.26. The first-order valence-electron chi connectivity index (χ1n) is 6.57. The number of hydrogen-bond acceptors (Lipinski definition) is 3. The van der Waals surface area contributed by atoms with Crippen molar-refractivity contribution < 1.29 is 4.79 Å². The van der Waals surface area contributed by atoms with Gasteiger partial charge in [-0.15, -0.1) is 0 Å². The molecule has 0 aliphatic carbocycles. The van der Waals surface area contributed by atoms with Crippen molar-refractivity contribution in [2.75, 3.05) is 7.05 Å². The largest absolute Gasteiger partial charge is 0.350 e. The molecule has 0 radical (unpaired) electrons. The number of nitriles is 1. The molecule has 0 aromatic heterocycles. The minimum Gasteiger partial charge on any atom is -0.350 e. The molecule has 0 spiro atoms. The molecule has 1 amide bonds. The SMILES string of the molecule is CNC(=O)S[C@@](C)(c1ccccc1)c1ccc(C#N)cc1. The summed E-state index contributed by atoms with van der Waals surface area (Å²) in [6, 6.07) is 19.4. The molecule has 1 atom stereocenters. The van der Waals surface area contributed by atoms with Crippen LogP contribution in [0.1, 0.15) is 23.6 Å². The molecule has 106 valence electrons. The highest BCUT2D eigenvalue weighted by molar-refractivity contribution is 8.14. The van der Waals surface area contributed by atoms with Crippen LogP contribution in [0.3, 0.4) is 0 Å². The van der Waals surface area contributed by atoms with Crippen molar-refractivity contribution in [3.8, 4) is 6.07 Å². The number of nitrogens with zero attached hydrogens (tertiary/aromatic N) is 1. The van der Waals surface area contributed by atoms with E-state index >= 15 is 0 Å². The van der Waals surface area contributed by atoms with E-state index in [1.54, 1.807) is 19.2 Å². The summed E-state index contributed by atoms with van der Waals surface area (Å²) in [6.45, 7) is 2.02. The van der Waals surface area contributed by atoms with Crippen LogP contribution in [0.4, 0.5) is 4.79 Å². The Kier molecular flexibility index (Phi) is 4.66. The Morgan fingerprint density at radius 1 is 1.10 bits per heavy atom. The van der Waals surface area contributed by atoms with Crippen LogP contribution in [-0.2, 0) is 4.75 Å². The van der Waals surface area contributed by atoms with Gasteiger partial charge in [0.1, 0.15) is 0 Å². The Balaban J connectivity index is 2.49. The fourth-order valence-electron chi connectivity index (χ4n) is 2.14. The average Bonchev–Trinajstić information content (AvgIpc) is 2.55. The molecule has 3 nitrogen and oxygen atoms in total. The van der Waals surface area contributed by atoms with E-state index < -0.39 is 4.75 Å². The first-order valence-corrected chi connectivity index (χ1v) is 7.38. The van der Waals surface area contributed by atoms with E-state index in [0.717, 1.165) is 11.1 Å². The van der Waals surface area contributed by atoms with E-state index in [-0.39, 0.29) is 5.24 Å². The number of hydrogen-bond donors (Lipinski definition) is 1. The molecule has 0 unspecified atom stereocenters. The quantitative estimate of drug-likeness (QED) is 0.934. The number of amides is 1. The summed E-state index contributed by atoms with van der Waals surface area (Å²) < 4.78 is -0.505. The third-order valence-electron chi connectivity index (χ3n) is 3.39. The number of carbonyl (C=O) groups is 1. The van der Waals surface area contributed by atoms with E-state index in [1.165, 1.54) is 11.8 Å². The summed E-state index contributed by atoms with van der Waals surface area (Å²) in [4.78, 5) is 11.9. The zero-order valence-electron chi connectivity index (χ0n) is 12.0. The van der Waals surface area contributed by atoms with Crippen molar-refractivity contribution in [1.82, 2.24) is 5.32 Å². The topological polar surface area (TPSA) is 52.9 Å². The van der Waals surface area contributed by atoms with Crippen LogP contribution in [0.25, 0.3) is 0 Å². The monoisotopic (exact) mass is 296 g/mol. The molecule has 2 rings (SSSR count). The standard InChI is InChI=1S/C17H16N2OS/c1-17(21-16(20)19-2,14-6-4-3-5-7-14)15-10-8-13(12-18)9-11-15/h3-11H,1-2H3,(H,19,20)/t17-/m0/s1. The maximum atomic E-state index is 11.9. The van der Waals surface area contributed by atoms with Gasteiger partial charge in [0.25, 0.3) is 5.24 Å². The first kappa shape index (κ1) is 15.1. The van der Waals surface area contributed by atoms with Gasteiger partial charge in [-0.05, 0) is 41.9 Å². The van der Waals surface area contributed by atoms with Gasteiger partial charge in [-0.1, -0.05) is 42.5 Å². The number of rotatable bonds is 3. The molecule has 0 saturated heterocycles. The summed E-state index contributed by atoms with van der Waals surface area (Å²) in [5.41, 5.74) is 2.64. The highest BCUT2D eigenvalue weighted by Gasteiger charge is 2.32. The zero-order chi connectivity index (χ0) is 15.3. The predicted octanol–water partition coefficient (Wildman–Crippen LogP) is 3.89. The maximum Gasteiger partial charge on any atom is 0.279 e. The molecule has 0 heterocycles. The fraction of sp³-hybridized carbons (Fsp3) is 0.176. The molecule has 4 heteroatoms. The minimum absolute atomic E-state index is 0.0919. The van der Waals surface area contributed by atoms with Crippen LogP contribution in [0.15, 0.2) is 54.6 Å². The summed E-state index contributed by atoms with van der Waals surface area (Å²) in [5, 5.41) is 11.5. The van der Waals surface area contributed by atoms with Gasteiger partial charge in [0.15, 0.2) is 0 Å². The highest BCUT2D eigenvalue weighted by Crippen LogP contribution is 2.42. The Bertz CT molecular complexity index is 661. The summed E-state index contributed by atoms with van der Waals surface area (Å²) in [7, 11) is 1.62. The molecule has 21 heavy (non-hydrogen) atoms. The molecular formula is C17H16N2OS. The van der Waals surface area contributed by atoms with E-state index in [2.05, 4.69) is 11.4 Å². The maximum absolute atomic E-state index is 11.9. The van der Waals surface area contributed by atoms with Gasteiger partial charge >= 0.3 is 0 Å². The van der Waals surface area contributed by atoms with Crippen LogP contribution in [0.5, 0.6) is 0 Å². The molecule has 0 aliphatic rings. The van der Waals surface area contributed by atoms with E-state index in [9.17, 15) is 4.79 Å². The second kappa shape index (κ2) is 6.47. The summed E-state index contributed by atoms with van der Waals surface area (Å²) in [5.74, 6) is 0. The summed E-state index contributed by atoms with van der Waals surface area (Å²) >= 11 is 1.23. The van der Waals surface area contributed by atoms with Crippen molar-refractivity contribution in [2.24, 2.45) is 0 Å². The molecular weight excluding hydrogens is 280 g/mol. The number of benzene rings is 2. The molecule has 0 saturated carbocycles. The van der Waals surface area contributed by atoms with Crippen molar-refractivity contribution in [2.45, 2.75) is 11.7 Å². The molecule has 0 fully saturated rings. The van der Waals surface area contributed by atoms with Gasteiger partial charge in [-0.3, -0.25) is 4.79 Å². The number of thioether (sulfide) groups is 1. The molecule has 2 aromatic rings. The molecule has 1 N–H and O–H groups in total. The Morgan fingerprint density at radius 3 is 2.19 bits per heavy atom. The second-order valence-electron chi connectivity index (χ2n) is 4.73. The molecule has 0 aliphatic heterocycles. The van der Waals surface area contributed by atoms with Gasteiger partial charge in [-0.2, -0.15) is 5.26 Å². The first-order chi connectivity index (χ1) is 10.1. The lowest BCUT2D eigenvalue weighted by Crippen LogP contribution is -2.25. The lowest BCUT2D eigenvalue weighted by atomic mass is 9.91. The highest BCUT2D eigenvalue weighted by atomic mass is 32.2. The lowest BCUT2D eigenvalue weighted by molar-refractivity contribution is 0.262. The summed E-state index contributed by atoms with van der Waals surface area (Å²) in [6.07, 6.45) is 0. The lowest BCUT2D eigenvalue weighted by Gasteiger charge is -2.29. The van der Waals surface area contributed by atoms with Crippen molar-refractivity contribution >= 4 is 17.0 Å². The molecule has 0 bridgehead atoms. The van der Waals surface area contributed by atoms with Crippen LogP contribution in [0.2, 0.25) is 0 Å². The van der Waals surface area contributed by atoms with Gasteiger partial charge in [0.05, 0.1) is 16.4 Å². The van der Waals surface area contributed by atoms with Gasteiger partial charge in [0.2, 0.25) is 0 Å². The van der Waals surface area contributed by atoms with E-state index in [0.29, 0.717) is 5.56 Å². The minimum atomic E-state index is -0.505. The van der Waals surface area contributed by atoms with Crippen LogP contribution >= 0.6 is 11.8 Å². The van der Waals surface area contributed by atoms with E-state index in [1.807, 2.05) is 49.4 Å². The fourth-order valence-corrected chi connectivity index (χ4v) is 3.12. The average molecular weight is 296 g/mol. The number of carbonyl (C=O) groups excluding carboxylic acids is 1. The van der Waals surface area contributed by atoms with Gasteiger partial charge in [-0.25, -0.2) is 0 Å². The zero-order valence-corrected chi connectivity index (χ0v) is 12.8. The normalized spacial score (nSPS) is 13.0. The number of nitrogens with one attached hydrogen (secondary N) is 1. The van der Waals surface area contributed by atoms with Crippen molar-refractivity contribution in [3.63, 3.8) is 0 Å². The van der Waals surface area contributed by atoms with Crippen LogP contribution < -0.4 is 5.32 Å². The second-order valence-corrected chi connectivity index (χ2v) is 6.12. The van der Waals surface area contributed by atoms with Gasteiger partial charge in [0, 0.05) is 7.05 Å². The van der Waals surface area contributed by atoms with Crippen LogP contribution in [0, 0.1) is 11.3 Å². The van der Waals surface area contributed by atoms with E-state index in [4.69, 9.17) is 5.26 Å². The molecule has 2 aromatic carbocycles. The Morgan fingerprint density at radius 2 is 1.67 bits per heavy atom. The van der Waals surface area contributed by atoms with Crippen molar-refractivity contribution in [1.29, 1.82) is 5.26 Å². The Labute approximate surface area is 129 Å². The Hall–Kier alpha value is -2.25. The van der Waals surface area contributed by atoms with Crippen molar-refractivity contribution in [3.05, 3.63) is 71.3 Å². The van der Waals surface area contributed by atoms with Crippen LogP contribution in [-0.4, -0.2) is 12.3 Å². The predicted molar refractivity (Wildman–Crippen MR) is 86.1 cm³/mol. The third-order valence-corrected chi connectivity index (χ3v) is 4.66. The smallest absolute Gasteiger partial charge is 0.279 e. The van der Waals surface area contributed by atoms with Gasteiger partial charge < -0.3 is 5.32 Å².